The molecule has 2 aromatic carbocycles. The molecule has 7 heteroatoms. The zero-order valence-corrected chi connectivity index (χ0v) is 19.4. The predicted molar refractivity (Wildman–Crippen MR) is 131 cm³/mol. The van der Waals surface area contributed by atoms with Crippen molar-refractivity contribution >= 4 is 34.5 Å². The normalized spacial score (nSPS) is 14.2. The average Bonchev–Trinajstić information content (AvgIpc) is 3.56. The fraction of sp³-hybridized carbons (Fsp3) is 0.269. The number of para-hydroxylation sites is 3. The Kier molecular flexibility index (Phi) is 5.84. The number of aryl methyl sites for hydroxylation is 1. The third-order valence-corrected chi connectivity index (χ3v) is 6.94. The minimum absolute atomic E-state index is 0.223. The monoisotopic (exact) mass is 456 g/mol. The molecule has 0 radical (unpaired) electrons. The van der Waals surface area contributed by atoms with Crippen LogP contribution in [0.25, 0.3) is 28.3 Å². The van der Waals surface area contributed by atoms with Gasteiger partial charge in [0.15, 0.2) is 16.6 Å². The number of hydrogen-bond acceptors (Lipinski definition) is 6. The molecule has 0 spiro atoms. The first-order chi connectivity index (χ1) is 16.2. The summed E-state index contributed by atoms with van der Waals surface area (Å²) in [5, 5.41) is 10.1. The molecule has 0 aliphatic heterocycles. The van der Waals surface area contributed by atoms with Gasteiger partial charge in [-0.2, -0.15) is 5.26 Å². The summed E-state index contributed by atoms with van der Waals surface area (Å²) >= 11 is 1.37. The maximum absolute atomic E-state index is 9.42. The number of nitrogens with zero attached hydrogens (tertiary/aromatic N) is 4. The van der Waals surface area contributed by atoms with Crippen molar-refractivity contribution < 1.29 is 9.47 Å². The van der Waals surface area contributed by atoms with Crippen LogP contribution in [0.15, 0.2) is 42.5 Å². The molecular weight excluding hydrogens is 432 g/mol. The molecule has 0 bridgehead atoms. The van der Waals surface area contributed by atoms with Gasteiger partial charge in [-0.3, -0.25) is 4.57 Å². The minimum Gasteiger partial charge on any atom is -0.493 e. The number of methoxy groups -OCH3 is 1. The maximum Gasteiger partial charge on any atom is 0.197 e. The molecule has 0 unspecified atom stereocenters. The Morgan fingerprint density at radius 3 is 2.67 bits per heavy atom. The molecule has 1 fully saturated rings. The molecule has 33 heavy (non-hydrogen) atoms. The van der Waals surface area contributed by atoms with Crippen LogP contribution in [0, 0.1) is 18.3 Å². The molecule has 6 nitrogen and oxygen atoms in total. The Balaban J connectivity index is 1.59. The second-order valence-corrected chi connectivity index (χ2v) is 9.03. The third-order valence-electron chi connectivity index (χ3n) is 5.89. The standard InChI is InChI=1S/C26H24N4O2S/c1-17-23(16-27)33-26(28-17)30-21-12-6-5-11-20(21)29-24(30)15-14-18-8-7-13-22(31-2)25(18)32-19-9-3-4-10-19/h5-8,11-15,19H,3-4,9-10H2,1-2H3. The van der Waals surface area contributed by atoms with E-state index in [-0.39, 0.29) is 6.10 Å². The summed E-state index contributed by atoms with van der Waals surface area (Å²) in [4.78, 5) is 10.1. The van der Waals surface area contributed by atoms with Crippen LogP contribution >= 0.6 is 11.3 Å². The summed E-state index contributed by atoms with van der Waals surface area (Å²) < 4.78 is 14.0. The smallest absolute Gasteiger partial charge is 0.197 e. The van der Waals surface area contributed by atoms with Gasteiger partial charge in [0, 0.05) is 5.56 Å². The molecule has 0 amide bonds. The van der Waals surface area contributed by atoms with Gasteiger partial charge in [-0.15, -0.1) is 0 Å². The Morgan fingerprint density at radius 2 is 1.91 bits per heavy atom. The van der Waals surface area contributed by atoms with Crippen LogP contribution < -0.4 is 9.47 Å². The van der Waals surface area contributed by atoms with Crippen LogP contribution in [0.3, 0.4) is 0 Å². The first-order valence-corrected chi connectivity index (χ1v) is 11.9. The Hall–Kier alpha value is -3.63. The second kappa shape index (κ2) is 9.08. The van der Waals surface area contributed by atoms with Gasteiger partial charge in [0.05, 0.1) is 29.9 Å². The number of nitriles is 1. The number of benzene rings is 2. The van der Waals surface area contributed by atoms with Crippen molar-refractivity contribution in [2.24, 2.45) is 0 Å². The van der Waals surface area contributed by atoms with Crippen molar-refractivity contribution in [3.8, 4) is 22.7 Å². The highest BCUT2D eigenvalue weighted by Crippen LogP contribution is 2.36. The number of thiazole rings is 1. The van der Waals surface area contributed by atoms with Crippen molar-refractivity contribution in [1.82, 2.24) is 14.5 Å². The molecule has 166 valence electrons. The molecule has 0 atom stereocenters. The van der Waals surface area contributed by atoms with Gasteiger partial charge in [-0.25, -0.2) is 9.97 Å². The lowest BCUT2D eigenvalue weighted by Crippen LogP contribution is -2.12. The second-order valence-electron chi connectivity index (χ2n) is 8.05. The number of fused-ring (bicyclic) bond motifs is 1. The fourth-order valence-corrected chi connectivity index (χ4v) is 5.11. The molecule has 5 rings (SSSR count). The molecule has 2 aromatic heterocycles. The van der Waals surface area contributed by atoms with Gasteiger partial charge in [0.1, 0.15) is 16.8 Å². The third kappa shape index (κ3) is 4.10. The van der Waals surface area contributed by atoms with Gasteiger partial charge in [0.25, 0.3) is 0 Å². The van der Waals surface area contributed by atoms with Gasteiger partial charge < -0.3 is 9.47 Å². The van der Waals surface area contributed by atoms with E-state index in [1.165, 1.54) is 24.2 Å². The summed E-state index contributed by atoms with van der Waals surface area (Å²) in [5.41, 5.74) is 3.48. The number of imidazole rings is 1. The van der Waals surface area contributed by atoms with E-state index in [4.69, 9.17) is 14.5 Å². The van der Waals surface area contributed by atoms with E-state index in [0.29, 0.717) is 4.88 Å². The van der Waals surface area contributed by atoms with Crippen LogP contribution in [-0.2, 0) is 0 Å². The van der Waals surface area contributed by atoms with Gasteiger partial charge in [-0.1, -0.05) is 35.6 Å². The van der Waals surface area contributed by atoms with E-state index in [0.717, 1.165) is 57.6 Å². The van der Waals surface area contributed by atoms with E-state index >= 15 is 0 Å². The fourth-order valence-electron chi connectivity index (χ4n) is 4.23. The van der Waals surface area contributed by atoms with Crippen LogP contribution in [0.5, 0.6) is 11.5 Å². The summed E-state index contributed by atoms with van der Waals surface area (Å²) in [6, 6.07) is 16.1. The number of hydrogen-bond donors (Lipinski definition) is 0. The summed E-state index contributed by atoms with van der Waals surface area (Å²) in [5.74, 6) is 2.23. The quantitative estimate of drug-likeness (QED) is 0.347. The highest BCUT2D eigenvalue weighted by atomic mass is 32.1. The number of aromatic nitrogens is 3. The average molecular weight is 457 g/mol. The Morgan fingerprint density at radius 1 is 1.09 bits per heavy atom. The van der Waals surface area contributed by atoms with Crippen molar-refractivity contribution in [3.63, 3.8) is 0 Å². The topological polar surface area (TPSA) is 73.0 Å². The highest BCUT2D eigenvalue weighted by molar-refractivity contribution is 7.14. The van der Waals surface area contributed by atoms with Crippen molar-refractivity contribution in [1.29, 1.82) is 5.26 Å². The molecule has 1 aliphatic carbocycles. The lowest BCUT2D eigenvalue weighted by atomic mass is 10.1. The predicted octanol–water partition coefficient (Wildman–Crippen LogP) is 6.16. The zero-order chi connectivity index (χ0) is 22.8. The van der Waals surface area contributed by atoms with E-state index < -0.39 is 0 Å². The van der Waals surface area contributed by atoms with Gasteiger partial charge >= 0.3 is 0 Å². The Labute approximate surface area is 196 Å². The lowest BCUT2D eigenvalue weighted by Gasteiger charge is -2.18. The molecule has 0 N–H and O–H groups in total. The maximum atomic E-state index is 9.42. The van der Waals surface area contributed by atoms with E-state index in [1.54, 1.807) is 7.11 Å². The van der Waals surface area contributed by atoms with Crippen molar-refractivity contribution in [2.75, 3.05) is 7.11 Å². The van der Waals surface area contributed by atoms with Crippen molar-refractivity contribution in [3.05, 3.63) is 64.4 Å². The molecule has 0 saturated heterocycles. The van der Waals surface area contributed by atoms with E-state index in [9.17, 15) is 5.26 Å². The van der Waals surface area contributed by atoms with Crippen LogP contribution in [0.4, 0.5) is 0 Å². The molecule has 1 saturated carbocycles. The van der Waals surface area contributed by atoms with Crippen LogP contribution in [-0.4, -0.2) is 27.7 Å². The first kappa shape index (κ1) is 21.2. The molecular formula is C26H24N4O2S. The van der Waals surface area contributed by atoms with E-state index in [2.05, 4.69) is 11.1 Å². The lowest BCUT2D eigenvalue weighted by molar-refractivity contribution is 0.200. The number of rotatable bonds is 6. The minimum atomic E-state index is 0.223. The van der Waals surface area contributed by atoms with Crippen molar-refractivity contribution in [2.45, 2.75) is 38.7 Å². The van der Waals surface area contributed by atoms with Crippen LogP contribution in [0.2, 0.25) is 0 Å². The SMILES string of the molecule is COc1cccc(C=Cc2nc3ccccc3n2-c2nc(C)c(C#N)s2)c1OC1CCCC1. The zero-order valence-electron chi connectivity index (χ0n) is 18.6. The number of ether oxygens (including phenoxy) is 2. The highest BCUT2D eigenvalue weighted by Gasteiger charge is 2.20. The summed E-state index contributed by atoms with van der Waals surface area (Å²) in [6.07, 6.45) is 8.75. The molecule has 2 heterocycles. The molecule has 1 aliphatic rings. The summed E-state index contributed by atoms with van der Waals surface area (Å²) in [6.45, 7) is 1.86. The van der Waals surface area contributed by atoms with E-state index in [1.807, 2.05) is 66.1 Å². The van der Waals surface area contributed by atoms with Crippen LogP contribution in [0.1, 0.15) is 47.6 Å². The largest absolute Gasteiger partial charge is 0.493 e. The van der Waals surface area contributed by atoms with Gasteiger partial charge in [-0.05, 0) is 63.0 Å². The van der Waals surface area contributed by atoms with Gasteiger partial charge in [0.2, 0.25) is 0 Å². The Bertz CT molecular complexity index is 1370. The summed E-state index contributed by atoms with van der Waals surface area (Å²) in [7, 11) is 1.67. The molecule has 4 aromatic rings. The first-order valence-electron chi connectivity index (χ1n) is 11.0.